The lowest BCUT2D eigenvalue weighted by Crippen LogP contribution is -2.41. The summed E-state index contributed by atoms with van der Waals surface area (Å²) in [5.74, 6) is 0.325. The van der Waals surface area contributed by atoms with Gasteiger partial charge in [-0.2, -0.15) is 0 Å². The van der Waals surface area contributed by atoms with Crippen LogP contribution in [-0.4, -0.2) is 45.2 Å². The first kappa shape index (κ1) is 26.0. The molecule has 1 aliphatic heterocycles. The second kappa shape index (κ2) is 9.94. The fourth-order valence-corrected chi connectivity index (χ4v) is 4.74. The molecule has 0 bridgehead atoms. The molecule has 1 aliphatic rings. The number of carbonyl (C=O) groups excluding carboxylic acids is 1. The van der Waals surface area contributed by atoms with E-state index in [0.29, 0.717) is 41.7 Å². The summed E-state index contributed by atoms with van der Waals surface area (Å²) in [6.07, 6.45) is 1.48. The van der Waals surface area contributed by atoms with E-state index in [1.807, 2.05) is 62.6 Å². The van der Waals surface area contributed by atoms with Crippen molar-refractivity contribution in [3.05, 3.63) is 59.3 Å². The van der Waals surface area contributed by atoms with Crippen LogP contribution in [0.1, 0.15) is 39.6 Å². The SMILES string of the molecule is CC(C)n1c(C(C)(C)N)nc2c(F)cc(-c3nc(Nc4ccc(N5CCOCC5=O)cc4)ncc3Cl)cc21. The van der Waals surface area contributed by atoms with Gasteiger partial charge in [-0.3, -0.25) is 4.79 Å². The normalized spacial score (nSPS) is 14.5. The largest absolute Gasteiger partial charge is 0.370 e. The monoisotopic (exact) mass is 537 g/mol. The van der Waals surface area contributed by atoms with Gasteiger partial charge in [-0.25, -0.2) is 19.3 Å². The predicted molar refractivity (Wildman–Crippen MR) is 146 cm³/mol. The number of nitrogens with one attached hydrogen (secondary N) is 1. The molecule has 0 radical (unpaired) electrons. The molecule has 1 amide bonds. The Morgan fingerprint density at radius 1 is 1.18 bits per heavy atom. The van der Waals surface area contributed by atoms with Crippen LogP contribution in [0.25, 0.3) is 22.3 Å². The summed E-state index contributed by atoms with van der Waals surface area (Å²) in [7, 11) is 0. The second-order valence-corrected chi connectivity index (χ2v) is 10.5. The Hall–Kier alpha value is -3.60. The van der Waals surface area contributed by atoms with Crippen LogP contribution < -0.4 is 16.0 Å². The van der Waals surface area contributed by atoms with Gasteiger partial charge >= 0.3 is 0 Å². The molecule has 0 saturated carbocycles. The molecule has 198 valence electrons. The number of rotatable bonds is 6. The molecule has 1 fully saturated rings. The molecular formula is C27H29ClFN7O2. The molecule has 0 atom stereocenters. The molecule has 3 N–H and O–H groups in total. The van der Waals surface area contributed by atoms with Crippen LogP contribution in [0.2, 0.25) is 5.02 Å². The van der Waals surface area contributed by atoms with E-state index in [9.17, 15) is 4.79 Å². The number of fused-ring (bicyclic) bond motifs is 1. The van der Waals surface area contributed by atoms with Gasteiger partial charge in [0.2, 0.25) is 5.95 Å². The lowest BCUT2D eigenvalue weighted by atomic mass is 10.1. The van der Waals surface area contributed by atoms with Gasteiger partial charge in [0, 0.05) is 29.5 Å². The Morgan fingerprint density at radius 2 is 1.92 bits per heavy atom. The van der Waals surface area contributed by atoms with Crippen molar-refractivity contribution in [2.45, 2.75) is 39.3 Å². The van der Waals surface area contributed by atoms with Gasteiger partial charge in [0.25, 0.3) is 5.91 Å². The molecule has 5 rings (SSSR count). The maximum Gasteiger partial charge on any atom is 0.253 e. The Labute approximate surface area is 224 Å². The topological polar surface area (TPSA) is 111 Å². The highest BCUT2D eigenvalue weighted by Gasteiger charge is 2.27. The minimum Gasteiger partial charge on any atom is -0.370 e. The fraction of sp³-hybridized carbons (Fsp3) is 0.333. The molecule has 3 heterocycles. The Bertz CT molecular complexity index is 1510. The lowest BCUT2D eigenvalue weighted by Gasteiger charge is -2.26. The summed E-state index contributed by atoms with van der Waals surface area (Å²) < 4.78 is 22.5. The number of ether oxygens (including phenoxy) is 1. The van der Waals surface area contributed by atoms with Crippen LogP contribution in [0.15, 0.2) is 42.6 Å². The van der Waals surface area contributed by atoms with E-state index in [2.05, 4.69) is 20.3 Å². The van der Waals surface area contributed by atoms with Gasteiger partial charge < -0.3 is 25.3 Å². The van der Waals surface area contributed by atoms with Crippen molar-refractivity contribution in [3.8, 4) is 11.3 Å². The van der Waals surface area contributed by atoms with Crippen molar-refractivity contribution in [2.24, 2.45) is 5.73 Å². The van der Waals surface area contributed by atoms with E-state index in [-0.39, 0.29) is 29.1 Å². The number of aromatic nitrogens is 4. The summed E-state index contributed by atoms with van der Waals surface area (Å²) in [5.41, 5.74) is 8.83. The maximum absolute atomic E-state index is 15.3. The Kier molecular flexibility index (Phi) is 6.81. The molecule has 38 heavy (non-hydrogen) atoms. The van der Waals surface area contributed by atoms with Crippen molar-refractivity contribution in [2.75, 3.05) is 30.0 Å². The van der Waals surface area contributed by atoms with Gasteiger partial charge in [-0.1, -0.05) is 11.6 Å². The van der Waals surface area contributed by atoms with E-state index >= 15 is 4.39 Å². The van der Waals surface area contributed by atoms with E-state index < -0.39 is 11.4 Å². The molecule has 2 aromatic heterocycles. The van der Waals surface area contributed by atoms with Gasteiger partial charge in [-0.15, -0.1) is 0 Å². The third-order valence-corrected chi connectivity index (χ3v) is 6.56. The van der Waals surface area contributed by atoms with E-state index in [4.69, 9.17) is 22.1 Å². The summed E-state index contributed by atoms with van der Waals surface area (Å²) in [6.45, 7) is 8.78. The average Bonchev–Trinajstić information content (AvgIpc) is 3.27. The zero-order chi connectivity index (χ0) is 27.2. The standard InChI is InChI=1S/C27H29ClFN7O2/c1-15(2)36-21-12-16(11-20(29)24(21)33-25(36)27(3,4)30)23-19(28)13-31-26(34-23)32-17-5-7-18(8-6-17)35-9-10-38-14-22(35)37/h5-8,11-13,15H,9-10,14,30H2,1-4H3,(H,31,32,34). The summed E-state index contributed by atoms with van der Waals surface area (Å²) in [5, 5.41) is 3.43. The average molecular weight is 538 g/mol. The van der Waals surface area contributed by atoms with Crippen LogP contribution >= 0.6 is 11.6 Å². The molecule has 4 aromatic rings. The highest BCUT2D eigenvalue weighted by atomic mass is 35.5. The van der Waals surface area contributed by atoms with E-state index in [1.54, 1.807) is 4.90 Å². The highest BCUT2D eigenvalue weighted by molar-refractivity contribution is 6.33. The number of halogens is 2. The maximum atomic E-state index is 15.3. The molecule has 0 aliphatic carbocycles. The molecule has 0 spiro atoms. The molecule has 11 heteroatoms. The Morgan fingerprint density at radius 3 is 2.58 bits per heavy atom. The van der Waals surface area contributed by atoms with E-state index in [0.717, 1.165) is 11.4 Å². The third-order valence-electron chi connectivity index (χ3n) is 6.28. The smallest absolute Gasteiger partial charge is 0.253 e. The zero-order valence-corrected chi connectivity index (χ0v) is 22.4. The molecule has 9 nitrogen and oxygen atoms in total. The molecular weight excluding hydrogens is 509 g/mol. The quantitative estimate of drug-likeness (QED) is 0.349. The second-order valence-electron chi connectivity index (χ2n) is 10.1. The van der Waals surface area contributed by atoms with Gasteiger partial charge in [0.1, 0.15) is 17.9 Å². The lowest BCUT2D eigenvalue weighted by molar-refractivity contribution is -0.125. The number of anilines is 3. The van der Waals surface area contributed by atoms with Crippen molar-refractivity contribution >= 4 is 45.9 Å². The highest BCUT2D eigenvalue weighted by Crippen LogP contribution is 2.34. The van der Waals surface area contributed by atoms with Crippen molar-refractivity contribution < 1.29 is 13.9 Å². The fourth-order valence-electron chi connectivity index (χ4n) is 4.54. The number of imidazole rings is 1. The first-order valence-corrected chi connectivity index (χ1v) is 12.7. The number of carbonyl (C=O) groups is 1. The van der Waals surface area contributed by atoms with Crippen LogP contribution in [0.3, 0.4) is 0 Å². The zero-order valence-electron chi connectivity index (χ0n) is 21.6. The van der Waals surface area contributed by atoms with Crippen LogP contribution in [-0.2, 0) is 15.1 Å². The summed E-state index contributed by atoms with van der Waals surface area (Å²) >= 11 is 6.47. The van der Waals surface area contributed by atoms with Gasteiger partial charge in [-0.05, 0) is 64.1 Å². The minimum absolute atomic E-state index is 0.00121. The van der Waals surface area contributed by atoms with Crippen molar-refractivity contribution in [1.29, 1.82) is 0 Å². The number of hydrogen-bond donors (Lipinski definition) is 2. The van der Waals surface area contributed by atoms with Crippen LogP contribution in [0, 0.1) is 5.82 Å². The van der Waals surface area contributed by atoms with E-state index in [1.165, 1.54) is 12.3 Å². The number of benzene rings is 2. The van der Waals surface area contributed by atoms with Crippen molar-refractivity contribution in [1.82, 2.24) is 19.5 Å². The summed E-state index contributed by atoms with van der Waals surface area (Å²) in [6, 6.07) is 10.6. The van der Waals surface area contributed by atoms with Crippen LogP contribution in [0.4, 0.5) is 21.7 Å². The predicted octanol–water partition coefficient (Wildman–Crippen LogP) is 5.17. The van der Waals surface area contributed by atoms with Crippen molar-refractivity contribution in [3.63, 3.8) is 0 Å². The Balaban J connectivity index is 1.48. The number of nitrogens with two attached hydrogens (primary N) is 1. The molecule has 0 unspecified atom stereocenters. The first-order valence-electron chi connectivity index (χ1n) is 12.3. The first-order chi connectivity index (χ1) is 18.0. The number of morpholine rings is 1. The third kappa shape index (κ3) is 4.94. The number of nitrogens with zero attached hydrogens (tertiary/aromatic N) is 5. The molecule has 2 aromatic carbocycles. The molecule has 1 saturated heterocycles. The number of hydrogen-bond acceptors (Lipinski definition) is 7. The van der Waals surface area contributed by atoms with Gasteiger partial charge in [0.15, 0.2) is 5.82 Å². The van der Waals surface area contributed by atoms with Crippen LogP contribution in [0.5, 0.6) is 0 Å². The number of amides is 1. The minimum atomic E-state index is -0.760. The van der Waals surface area contributed by atoms with Gasteiger partial charge in [0.05, 0.1) is 34.6 Å². The summed E-state index contributed by atoms with van der Waals surface area (Å²) in [4.78, 5) is 27.2.